The minimum absolute atomic E-state index is 0.0225. The Kier molecular flexibility index (Phi) is 48.0. The Hall–Kier alpha value is -4.36. The molecular formula is C65H106O12. The number of aliphatic hydroxyl groups excluding tert-OH is 2. The predicted octanol–water partition coefficient (Wildman–Crippen LogP) is 15.7. The molecule has 6 atom stereocenters. The van der Waals surface area contributed by atoms with Crippen molar-refractivity contribution in [3.05, 3.63) is 97.2 Å². The maximum Gasteiger partial charge on any atom is 0.335 e. The van der Waals surface area contributed by atoms with E-state index in [4.69, 9.17) is 23.7 Å². The highest BCUT2D eigenvalue weighted by atomic mass is 16.7. The standard InChI is InChI=1S/C65H106O12/c1-4-7-10-13-16-19-22-25-28-29-32-35-38-41-44-47-50-53-59(68)76-63-61(70)60(69)62(64(71)72)77-65(63)74-55-56(75-58(67)52-49-46-43-40-37-34-31-27-24-21-18-15-12-9-6-3)54-73-57(66)51-48-45-42-39-36-33-30-26-23-20-17-14-11-8-5-2/h7-8,10-11,16-17,19-20,25-26,28,30,32,35,41,44,56,60-63,65,69-70H,4-6,9,12-15,18,21-24,27,29,31,33-34,36-40,42-43,45-55H2,1-3H3,(H,71,72)/b10-7-,11-8-,19-16-,20-17-,28-25-,30-26-,35-32-,44-41-. The normalized spacial score (nSPS) is 18.7. The van der Waals surface area contributed by atoms with Gasteiger partial charge in [0.15, 0.2) is 24.6 Å². The number of ether oxygens (including phenoxy) is 5. The Morgan fingerprint density at radius 3 is 1.29 bits per heavy atom. The molecule has 0 spiro atoms. The number of aliphatic carboxylic acids is 1. The number of carbonyl (C=O) groups excluding carboxylic acids is 3. The molecule has 1 rings (SSSR count). The van der Waals surface area contributed by atoms with Gasteiger partial charge in [-0.1, -0.05) is 227 Å². The van der Waals surface area contributed by atoms with E-state index in [1.807, 2.05) is 12.2 Å². The van der Waals surface area contributed by atoms with E-state index in [1.165, 1.54) is 70.6 Å². The monoisotopic (exact) mass is 1080 g/mol. The number of unbranched alkanes of at least 4 members (excludes halogenated alkanes) is 20. The quantitative estimate of drug-likeness (QED) is 0.0228. The largest absolute Gasteiger partial charge is 0.479 e. The third-order valence-electron chi connectivity index (χ3n) is 13.2. The summed E-state index contributed by atoms with van der Waals surface area (Å²) in [7, 11) is 0. The van der Waals surface area contributed by atoms with Gasteiger partial charge in [0, 0.05) is 19.3 Å². The lowest BCUT2D eigenvalue weighted by molar-refractivity contribution is -0.301. The van der Waals surface area contributed by atoms with Crippen LogP contribution < -0.4 is 0 Å². The van der Waals surface area contributed by atoms with Gasteiger partial charge >= 0.3 is 23.9 Å². The smallest absolute Gasteiger partial charge is 0.335 e. The van der Waals surface area contributed by atoms with Crippen molar-refractivity contribution in [2.24, 2.45) is 0 Å². The Morgan fingerprint density at radius 1 is 0.442 bits per heavy atom. The van der Waals surface area contributed by atoms with Crippen LogP contribution in [-0.2, 0) is 42.9 Å². The van der Waals surface area contributed by atoms with Gasteiger partial charge in [-0.25, -0.2) is 4.79 Å². The van der Waals surface area contributed by atoms with Crippen LogP contribution in [0.3, 0.4) is 0 Å². The highest BCUT2D eigenvalue weighted by Crippen LogP contribution is 2.26. The average Bonchev–Trinajstić information content (AvgIpc) is 3.43. The molecule has 12 heteroatoms. The van der Waals surface area contributed by atoms with E-state index >= 15 is 0 Å². The molecule has 77 heavy (non-hydrogen) atoms. The summed E-state index contributed by atoms with van der Waals surface area (Å²) in [5.74, 6) is -3.22. The summed E-state index contributed by atoms with van der Waals surface area (Å²) in [6, 6.07) is 0. The van der Waals surface area contributed by atoms with Crippen molar-refractivity contribution >= 4 is 23.9 Å². The van der Waals surface area contributed by atoms with E-state index in [-0.39, 0.29) is 25.9 Å². The summed E-state index contributed by atoms with van der Waals surface area (Å²) in [5, 5.41) is 31.5. The number of carboxylic acid groups (broad SMARTS) is 1. The van der Waals surface area contributed by atoms with Crippen LogP contribution in [-0.4, -0.2) is 89.2 Å². The molecule has 0 aromatic heterocycles. The highest BCUT2D eigenvalue weighted by molar-refractivity contribution is 5.74. The molecule has 1 aliphatic heterocycles. The average molecular weight is 1080 g/mol. The molecule has 1 fully saturated rings. The van der Waals surface area contributed by atoms with E-state index < -0.39 is 67.3 Å². The minimum atomic E-state index is -1.93. The van der Waals surface area contributed by atoms with Gasteiger partial charge in [0.1, 0.15) is 18.8 Å². The first-order chi connectivity index (χ1) is 37.6. The zero-order valence-electron chi connectivity index (χ0n) is 48.2. The van der Waals surface area contributed by atoms with E-state index in [1.54, 1.807) is 0 Å². The Bertz CT molecular complexity index is 1710. The van der Waals surface area contributed by atoms with Crippen LogP contribution in [0.4, 0.5) is 0 Å². The lowest BCUT2D eigenvalue weighted by atomic mass is 9.98. The number of rotatable bonds is 50. The third kappa shape index (κ3) is 42.3. The van der Waals surface area contributed by atoms with Crippen LogP contribution in [0.25, 0.3) is 0 Å². The second-order valence-electron chi connectivity index (χ2n) is 20.2. The van der Waals surface area contributed by atoms with Crippen LogP contribution in [0.1, 0.15) is 239 Å². The zero-order valence-corrected chi connectivity index (χ0v) is 48.2. The lowest BCUT2D eigenvalue weighted by Crippen LogP contribution is -2.61. The fourth-order valence-corrected chi connectivity index (χ4v) is 8.59. The maximum atomic E-state index is 13.2. The molecule has 0 saturated carbocycles. The second-order valence-corrected chi connectivity index (χ2v) is 20.2. The number of allylic oxidation sites excluding steroid dienone is 16. The number of hydrogen-bond acceptors (Lipinski definition) is 11. The number of esters is 3. The van der Waals surface area contributed by atoms with E-state index in [0.29, 0.717) is 25.7 Å². The highest BCUT2D eigenvalue weighted by Gasteiger charge is 2.50. The molecule has 1 aliphatic rings. The first-order valence-electron chi connectivity index (χ1n) is 30.2. The van der Waals surface area contributed by atoms with Gasteiger partial charge in [0.25, 0.3) is 0 Å². The van der Waals surface area contributed by atoms with Crippen molar-refractivity contribution in [3.63, 3.8) is 0 Å². The summed E-state index contributed by atoms with van der Waals surface area (Å²) in [5.41, 5.74) is 0. The van der Waals surface area contributed by atoms with Crippen molar-refractivity contribution in [1.29, 1.82) is 0 Å². The fraction of sp³-hybridized carbons (Fsp3) is 0.692. The van der Waals surface area contributed by atoms with Crippen LogP contribution in [0, 0.1) is 0 Å². The van der Waals surface area contributed by atoms with Gasteiger partial charge < -0.3 is 39.0 Å². The SMILES string of the molecule is CC/C=C\C/C=C\C/C=C\C/C=C\C/C=C\CCCC(=O)OC1C(OCC(COC(=O)CCCCCCC/C=C\C/C=C\C/C=C\CC)OC(=O)CCCCCCCCCCCCCCCCC)OC(C(=O)O)C(O)C1O. The van der Waals surface area contributed by atoms with E-state index in [0.717, 1.165) is 103 Å². The minimum Gasteiger partial charge on any atom is -0.479 e. The van der Waals surface area contributed by atoms with E-state index in [2.05, 4.69) is 106 Å². The first kappa shape index (κ1) is 70.7. The van der Waals surface area contributed by atoms with Gasteiger partial charge in [-0.2, -0.15) is 0 Å². The van der Waals surface area contributed by atoms with Crippen LogP contribution in [0.5, 0.6) is 0 Å². The summed E-state index contributed by atoms with van der Waals surface area (Å²) < 4.78 is 28.4. The molecule has 0 aliphatic carbocycles. The van der Waals surface area contributed by atoms with Crippen molar-refractivity contribution < 1.29 is 58.2 Å². The van der Waals surface area contributed by atoms with Gasteiger partial charge in [-0.15, -0.1) is 0 Å². The molecule has 0 bridgehead atoms. The van der Waals surface area contributed by atoms with Crippen molar-refractivity contribution in [2.75, 3.05) is 13.2 Å². The maximum absolute atomic E-state index is 13.2. The van der Waals surface area contributed by atoms with Gasteiger partial charge in [-0.3, -0.25) is 14.4 Å². The molecule has 0 radical (unpaired) electrons. The number of carbonyl (C=O) groups is 4. The zero-order chi connectivity index (χ0) is 56.1. The Morgan fingerprint density at radius 2 is 0.831 bits per heavy atom. The van der Waals surface area contributed by atoms with Crippen molar-refractivity contribution in [3.8, 4) is 0 Å². The Labute approximate surface area is 466 Å². The first-order valence-corrected chi connectivity index (χ1v) is 30.2. The third-order valence-corrected chi connectivity index (χ3v) is 13.2. The summed E-state index contributed by atoms with van der Waals surface area (Å²) in [6.07, 6.45) is 56.6. The fourth-order valence-electron chi connectivity index (χ4n) is 8.59. The lowest BCUT2D eigenvalue weighted by Gasteiger charge is -2.40. The number of aliphatic hydroxyl groups is 2. The topological polar surface area (TPSA) is 175 Å². The summed E-state index contributed by atoms with van der Waals surface area (Å²) >= 11 is 0. The van der Waals surface area contributed by atoms with Crippen LogP contribution in [0.2, 0.25) is 0 Å². The van der Waals surface area contributed by atoms with E-state index in [9.17, 15) is 34.5 Å². The molecule has 0 amide bonds. The molecule has 6 unspecified atom stereocenters. The molecular weight excluding hydrogens is 973 g/mol. The van der Waals surface area contributed by atoms with Crippen LogP contribution >= 0.6 is 0 Å². The molecule has 0 aromatic carbocycles. The predicted molar refractivity (Wildman–Crippen MR) is 312 cm³/mol. The molecule has 1 heterocycles. The number of carboxylic acids is 1. The Balaban J connectivity index is 2.73. The molecule has 0 aromatic rings. The number of hydrogen-bond donors (Lipinski definition) is 3. The second kappa shape index (κ2) is 52.3. The van der Waals surface area contributed by atoms with Crippen molar-refractivity contribution in [2.45, 2.75) is 276 Å². The molecule has 438 valence electrons. The van der Waals surface area contributed by atoms with Gasteiger partial charge in [-0.05, 0) is 89.9 Å². The molecule has 3 N–H and O–H groups in total. The van der Waals surface area contributed by atoms with Gasteiger partial charge in [0.2, 0.25) is 0 Å². The summed E-state index contributed by atoms with van der Waals surface area (Å²) in [4.78, 5) is 51.2. The van der Waals surface area contributed by atoms with Crippen molar-refractivity contribution in [1.82, 2.24) is 0 Å². The summed E-state index contributed by atoms with van der Waals surface area (Å²) in [6.45, 7) is 5.74. The molecule has 1 saturated heterocycles. The van der Waals surface area contributed by atoms with Gasteiger partial charge in [0.05, 0.1) is 6.61 Å². The van der Waals surface area contributed by atoms with Crippen LogP contribution in [0.15, 0.2) is 97.2 Å². The molecule has 12 nitrogen and oxygen atoms in total.